The van der Waals surface area contributed by atoms with Gasteiger partial charge in [-0.3, -0.25) is 4.79 Å². The van der Waals surface area contributed by atoms with E-state index in [1.54, 1.807) is 4.90 Å². The zero-order valence-corrected chi connectivity index (χ0v) is 13.2. The third kappa shape index (κ3) is 2.44. The fourth-order valence-corrected chi connectivity index (χ4v) is 5.52. The minimum Gasteiger partial charge on any atom is -0.337 e. The van der Waals surface area contributed by atoms with Crippen LogP contribution in [0.25, 0.3) is 0 Å². The van der Waals surface area contributed by atoms with Gasteiger partial charge in [-0.05, 0) is 36.1 Å². The van der Waals surface area contributed by atoms with Gasteiger partial charge < -0.3 is 10.6 Å². The molecule has 0 aromatic carbocycles. The van der Waals surface area contributed by atoms with Crippen molar-refractivity contribution in [2.24, 2.45) is 17.6 Å². The first-order chi connectivity index (χ1) is 10.3. The normalized spacial score (nSPS) is 28.4. The molecule has 0 bridgehead atoms. The van der Waals surface area contributed by atoms with E-state index in [0.29, 0.717) is 19.0 Å². The van der Waals surface area contributed by atoms with Gasteiger partial charge in [0.05, 0.1) is 4.90 Å². The van der Waals surface area contributed by atoms with Gasteiger partial charge in [0.2, 0.25) is 9.84 Å². The number of nitrogens with zero attached hydrogens (tertiary/aromatic N) is 1. The number of nitrogens with two attached hydrogens (primary N) is 1. The Hall–Kier alpha value is -1.06. The van der Waals surface area contributed by atoms with Crippen LogP contribution in [-0.2, 0) is 9.84 Å². The maximum absolute atomic E-state index is 12.7. The predicted molar refractivity (Wildman–Crippen MR) is 77.6 cm³/mol. The van der Waals surface area contributed by atoms with Crippen molar-refractivity contribution in [1.82, 2.24) is 4.90 Å². The molecule has 3 rings (SSSR count). The Kier molecular flexibility index (Phi) is 3.98. The lowest BCUT2D eigenvalue weighted by atomic mass is 9.98. The molecule has 2 aliphatic rings. The summed E-state index contributed by atoms with van der Waals surface area (Å²) in [7, 11) is -4.76. The first-order valence-corrected chi connectivity index (χ1v) is 9.39. The highest BCUT2D eigenvalue weighted by Gasteiger charge is 2.43. The molecule has 1 saturated heterocycles. The molecule has 1 aromatic rings. The second-order valence-electron chi connectivity index (χ2n) is 5.79. The zero-order valence-electron chi connectivity index (χ0n) is 11.6. The first-order valence-electron chi connectivity index (χ1n) is 6.96. The van der Waals surface area contributed by atoms with Crippen molar-refractivity contribution >= 4 is 27.1 Å². The molecule has 1 saturated carbocycles. The molecule has 3 atom stereocenters. The summed E-state index contributed by atoms with van der Waals surface area (Å²) in [5.74, 6) is -3.47. The molecule has 1 aromatic heterocycles. The molecule has 2 N–H and O–H groups in total. The number of hydrogen-bond acceptors (Lipinski definition) is 5. The summed E-state index contributed by atoms with van der Waals surface area (Å²) in [4.78, 5) is 13.4. The average Bonchev–Trinajstić information content (AvgIpc) is 3.15. The van der Waals surface area contributed by atoms with Gasteiger partial charge in [0, 0.05) is 19.1 Å². The number of carbonyl (C=O) groups is 1. The van der Waals surface area contributed by atoms with Gasteiger partial charge in [-0.2, -0.15) is 8.78 Å². The van der Waals surface area contributed by atoms with Crippen molar-refractivity contribution in [3.8, 4) is 0 Å². The van der Waals surface area contributed by atoms with Gasteiger partial charge in [-0.1, -0.05) is 0 Å². The van der Waals surface area contributed by atoms with E-state index in [1.165, 1.54) is 5.38 Å². The second-order valence-corrected chi connectivity index (χ2v) is 8.60. The molecule has 1 aliphatic carbocycles. The molecule has 3 unspecified atom stereocenters. The monoisotopic (exact) mass is 350 g/mol. The van der Waals surface area contributed by atoms with E-state index in [4.69, 9.17) is 5.73 Å². The Balaban J connectivity index is 1.85. The number of amides is 1. The molecular formula is C13H16F2N2O3S2. The van der Waals surface area contributed by atoms with Gasteiger partial charge >= 0.3 is 5.76 Å². The van der Waals surface area contributed by atoms with E-state index in [1.807, 2.05) is 0 Å². The van der Waals surface area contributed by atoms with Crippen molar-refractivity contribution in [3.05, 3.63) is 16.3 Å². The number of sulfone groups is 1. The van der Waals surface area contributed by atoms with Crippen molar-refractivity contribution < 1.29 is 22.0 Å². The summed E-state index contributed by atoms with van der Waals surface area (Å²) in [5.41, 5.74) is 6.01. The molecule has 122 valence electrons. The number of fused-ring (bicyclic) bond motifs is 1. The summed E-state index contributed by atoms with van der Waals surface area (Å²) in [6, 6.07) is 1.12. The molecule has 2 heterocycles. The number of alkyl halides is 2. The minimum atomic E-state index is -4.76. The van der Waals surface area contributed by atoms with Crippen LogP contribution in [0.4, 0.5) is 8.78 Å². The maximum atomic E-state index is 12.7. The predicted octanol–water partition coefficient (Wildman–Crippen LogP) is 1.55. The van der Waals surface area contributed by atoms with Crippen molar-refractivity contribution in [2.75, 3.05) is 13.1 Å². The average molecular weight is 350 g/mol. The molecule has 1 aliphatic heterocycles. The zero-order chi connectivity index (χ0) is 16.1. The summed E-state index contributed by atoms with van der Waals surface area (Å²) >= 11 is 0.883. The van der Waals surface area contributed by atoms with E-state index in [9.17, 15) is 22.0 Å². The Morgan fingerprint density at radius 3 is 2.73 bits per heavy atom. The summed E-state index contributed by atoms with van der Waals surface area (Å²) in [6.07, 6.45) is 1.88. The van der Waals surface area contributed by atoms with E-state index in [0.717, 1.165) is 30.2 Å². The third-order valence-electron chi connectivity index (χ3n) is 4.56. The van der Waals surface area contributed by atoms with Crippen LogP contribution in [0.5, 0.6) is 0 Å². The fourth-order valence-electron chi connectivity index (χ4n) is 3.39. The Morgan fingerprint density at radius 1 is 1.36 bits per heavy atom. The summed E-state index contributed by atoms with van der Waals surface area (Å²) in [5, 5.41) is 1.35. The number of rotatable bonds is 3. The molecule has 0 spiro atoms. The lowest BCUT2D eigenvalue weighted by Gasteiger charge is -2.18. The topological polar surface area (TPSA) is 80.5 Å². The van der Waals surface area contributed by atoms with Crippen LogP contribution in [0.3, 0.4) is 0 Å². The van der Waals surface area contributed by atoms with Gasteiger partial charge in [0.1, 0.15) is 4.88 Å². The van der Waals surface area contributed by atoms with E-state index < -0.39 is 26.4 Å². The Morgan fingerprint density at radius 2 is 2.09 bits per heavy atom. The molecule has 1 amide bonds. The standard InChI is InChI=1S/C13H16F2N2O3S2/c14-13(15)22(19,20)10-3-4-21-11(10)12(18)17-5-7-1-2-9(16)8(7)6-17/h3-4,7-9,13H,1-2,5-6,16H2. The Bertz CT molecular complexity index is 689. The van der Waals surface area contributed by atoms with Crippen molar-refractivity contribution in [1.29, 1.82) is 0 Å². The lowest BCUT2D eigenvalue weighted by molar-refractivity contribution is 0.0781. The van der Waals surface area contributed by atoms with Gasteiger partial charge in [-0.25, -0.2) is 8.42 Å². The van der Waals surface area contributed by atoms with Crippen LogP contribution in [0.1, 0.15) is 22.5 Å². The maximum Gasteiger partial charge on any atom is 0.341 e. The summed E-state index contributed by atoms with van der Waals surface area (Å²) in [6.45, 7) is 0.986. The number of thiophene rings is 1. The van der Waals surface area contributed by atoms with E-state index >= 15 is 0 Å². The molecule has 9 heteroatoms. The smallest absolute Gasteiger partial charge is 0.337 e. The van der Waals surface area contributed by atoms with Gasteiger partial charge in [0.15, 0.2) is 0 Å². The highest BCUT2D eigenvalue weighted by molar-refractivity contribution is 7.92. The van der Waals surface area contributed by atoms with Crippen molar-refractivity contribution in [2.45, 2.75) is 29.5 Å². The van der Waals surface area contributed by atoms with Crippen LogP contribution >= 0.6 is 11.3 Å². The molecule has 22 heavy (non-hydrogen) atoms. The quantitative estimate of drug-likeness (QED) is 0.897. The number of hydrogen-bond donors (Lipinski definition) is 1. The fraction of sp³-hybridized carbons (Fsp3) is 0.615. The lowest BCUT2D eigenvalue weighted by Crippen LogP contribution is -2.33. The molecule has 2 fully saturated rings. The van der Waals surface area contributed by atoms with Crippen molar-refractivity contribution in [3.63, 3.8) is 0 Å². The second kappa shape index (κ2) is 5.54. The van der Waals surface area contributed by atoms with Crippen LogP contribution < -0.4 is 5.73 Å². The van der Waals surface area contributed by atoms with Crippen LogP contribution in [0, 0.1) is 11.8 Å². The third-order valence-corrected chi connectivity index (χ3v) is 7.02. The number of likely N-dealkylation sites (tertiary alicyclic amines) is 1. The van der Waals surface area contributed by atoms with Crippen LogP contribution in [-0.4, -0.2) is 44.1 Å². The highest BCUT2D eigenvalue weighted by Crippen LogP contribution is 2.38. The summed E-state index contributed by atoms with van der Waals surface area (Å²) < 4.78 is 48.7. The van der Waals surface area contributed by atoms with Crippen LogP contribution in [0.2, 0.25) is 0 Å². The SMILES string of the molecule is NC1CCC2CN(C(=O)c3sccc3S(=O)(=O)C(F)F)CC12. The Labute approximate surface area is 131 Å². The van der Waals surface area contributed by atoms with Gasteiger partial charge in [0.25, 0.3) is 5.91 Å². The molecule has 5 nitrogen and oxygen atoms in total. The number of halogens is 2. The van der Waals surface area contributed by atoms with Gasteiger partial charge in [-0.15, -0.1) is 11.3 Å². The number of carbonyl (C=O) groups excluding carboxylic acids is 1. The van der Waals surface area contributed by atoms with E-state index in [-0.39, 0.29) is 16.8 Å². The molecule has 0 radical (unpaired) electrons. The largest absolute Gasteiger partial charge is 0.341 e. The highest BCUT2D eigenvalue weighted by atomic mass is 32.2. The first kappa shape index (κ1) is 15.8. The van der Waals surface area contributed by atoms with E-state index in [2.05, 4.69) is 0 Å². The molecular weight excluding hydrogens is 334 g/mol. The van der Waals surface area contributed by atoms with Crippen LogP contribution in [0.15, 0.2) is 16.3 Å². The minimum absolute atomic E-state index is 0.0513.